The number of rotatable bonds is 5. The molecule has 0 aliphatic carbocycles. The SMILES string of the molecule is C[C@@H](NC(=O)COc1ccc(C#N)cc1Cl)c1ccc(Cl)c(Cl)c1. The van der Waals surface area contributed by atoms with Crippen molar-refractivity contribution in [1.29, 1.82) is 5.26 Å². The normalized spacial score (nSPS) is 11.5. The Hall–Kier alpha value is -1.93. The molecule has 0 heterocycles. The summed E-state index contributed by atoms with van der Waals surface area (Å²) in [5.41, 5.74) is 1.25. The minimum absolute atomic E-state index is 0.197. The number of nitriles is 1. The van der Waals surface area contributed by atoms with Gasteiger partial charge in [0.05, 0.1) is 32.7 Å². The average molecular weight is 384 g/mol. The van der Waals surface area contributed by atoms with Crippen LogP contribution >= 0.6 is 34.8 Å². The van der Waals surface area contributed by atoms with Crippen molar-refractivity contribution in [1.82, 2.24) is 5.32 Å². The zero-order valence-corrected chi connectivity index (χ0v) is 14.9. The zero-order valence-electron chi connectivity index (χ0n) is 12.6. The maximum atomic E-state index is 12.0. The minimum atomic E-state index is -0.311. The smallest absolute Gasteiger partial charge is 0.258 e. The van der Waals surface area contributed by atoms with Gasteiger partial charge in [0.1, 0.15) is 5.75 Å². The predicted octanol–water partition coefficient (Wildman–Crippen LogP) is 4.77. The molecule has 0 fully saturated rings. The summed E-state index contributed by atoms with van der Waals surface area (Å²) in [4.78, 5) is 12.0. The lowest BCUT2D eigenvalue weighted by Crippen LogP contribution is -2.31. The number of amides is 1. The van der Waals surface area contributed by atoms with Crippen molar-refractivity contribution in [2.24, 2.45) is 0 Å². The Morgan fingerprint density at radius 2 is 1.92 bits per heavy atom. The molecule has 4 nitrogen and oxygen atoms in total. The first-order valence-corrected chi connectivity index (χ1v) is 8.11. The molecule has 0 radical (unpaired) electrons. The largest absolute Gasteiger partial charge is 0.482 e. The van der Waals surface area contributed by atoms with Crippen LogP contribution in [-0.4, -0.2) is 12.5 Å². The molecule has 2 aromatic rings. The van der Waals surface area contributed by atoms with Gasteiger partial charge in [0.2, 0.25) is 0 Å². The molecule has 0 saturated heterocycles. The highest BCUT2D eigenvalue weighted by Crippen LogP contribution is 2.26. The highest BCUT2D eigenvalue weighted by molar-refractivity contribution is 6.42. The van der Waals surface area contributed by atoms with Crippen LogP contribution in [0.2, 0.25) is 15.1 Å². The van der Waals surface area contributed by atoms with Crippen LogP contribution in [0.15, 0.2) is 36.4 Å². The topological polar surface area (TPSA) is 62.1 Å². The number of carbonyl (C=O) groups excluding carboxylic acids is 1. The number of halogens is 3. The lowest BCUT2D eigenvalue weighted by atomic mass is 10.1. The minimum Gasteiger partial charge on any atom is -0.482 e. The van der Waals surface area contributed by atoms with Gasteiger partial charge in [-0.15, -0.1) is 0 Å². The summed E-state index contributed by atoms with van der Waals surface area (Å²) in [6.07, 6.45) is 0. The summed E-state index contributed by atoms with van der Waals surface area (Å²) < 4.78 is 5.38. The third-order valence-electron chi connectivity index (χ3n) is 3.24. The van der Waals surface area contributed by atoms with Gasteiger partial charge in [-0.2, -0.15) is 5.26 Å². The molecule has 124 valence electrons. The van der Waals surface area contributed by atoms with Gasteiger partial charge in [0, 0.05) is 0 Å². The van der Waals surface area contributed by atoms with Crippen molar-refractivity contribution >= 4 is 40.7 Å². The molecule has 1 atom stereocenters. The number of hydrogen-bond acceptors (Lipinski definition) is 3. The summed E-state index contributed by atoms with van der Waals surface area (Å²) in [6.45, 7) is 1.63. The van der Waals surface area contributed by atoms with Gasteiger partial charge in [0.15, 0.2) is 6.61 Å². The number of benzene rings is 2. The third kappa shape index (κ3) is 4.78. The molecule has 24 heavy (non-hydrogen) atoms. The molecule has 0 aromatic heterocycles. The van der Waals surface area contributed by atoms with E-state index in [1.807, 2.05) is 13.0 Å². The van der Waals surface area contributed by atoms with Gasteiger partial charge in [-0.3, -0.25) is 4.79 Å². The van der Waals surface area contributed by atoms with E-state index in [4.69, 9.17) is 44.8 Å². The third-order valence-corrected chi connectivity index (χ3v) is 4.28. The Morgan fingerprint density at radius 3 is 2.54 bits per heavy atom. The second-order valence-electron chi connectivity index (χ2n) is 5.01. The summed E-state index contributed by atoms with van der Waals surface area (Å²) in [5, 5.41) is 12.7. The maximum absolute atomic E-state index is 12.0. The van der Waals surface area contributed by atoms with Crippen LogP contribution in [0.4, 0.5) is 0 Å². The zero-order chi connectivity index (χ0) is 17.7. The number of ether oxygens (including phenoxy) is 1. The molecular weight excluding hydrogens is 371 g/mol. The van der Waals surface area contributed by atoms with Crippen LogP contribution in [0.5, 0.6) is 5.75 Å². The lowest BCUT2D eigenvalue weighted by molar-refractivity contribution is -0.123. The molecule has 0 bridgehead atoms. The molecule has 7 heteroatoms. The number of hydrogen-bond donors (Lipinski definition) is 1. The molecule has 2 aromatic carbocycles. The molecular formula is C17H13Cl3N2O2. The molecule has 1 amide bonds. The van der Waals surface area contributed by atoms with E-state index >= 15 is 0 Å². The fourth-order valence-electron chi connectivity index (χ4n) is 1.98. The van der Waals surface area contributed by atoms with Crippen LogP contribution < -0.4 is 10.1 Å². The summed E-state index contributed by atoms with van der Waals surface area (Å²) in [7, 11) is 0. The molecule has 0 spiro atoms. The highest BCUT2D eigenvalue weighted by Gasteiger charge is 2.12. The number of carbonyl (C=O) groups is 1. The van der Waals surface area contributed by atoms with E-state index in [1.165, 1.54) is 6.07 Å². The van der Waals surface area contributed by atoms with E-state index in [0.29, 0.717) is 21.4 Å². The molecule has 0 aliphatic heterocycles. The monoisotopic (exact) mass is 382 g/mol. The average Bonchev–Trinajstić information content (AvgIpc) is 2.56. The van der Waals surface area contributed by atoms with Crippen molar-refractivity contribution in [3.8, 4) is 11.8 Å². The maximum Gasteiger partial charge on any atom is 0.258 e. The predicted molar refractivity (Wildman–Crippen MR) is 94.7 cm³/mol. The Labute approximate surface area is 154 Å². The first-order valence-electron chi connectivity index (χ1n) is 6.97. The summed E-state index contributed by atoms with van der Waals surface area (Å²) in [5.74, 6) is 0.0296. The van der Waals surface area contributed by atoms with Gasteiger partial charge in [0.25, 0.3) is 5.91 Å². The molecule has 2 rings (SSSR count). The summed E-state index contributed by atoms with van der Waals surface area (Å²) >= 11 is 17.8. The Balaban J connectivity index is 1.93. The van der Waals surface area contributed by atoms with Crippen molar-refractivity contribution in [2.75, 3.05) is 6.61 Å². The Bertz CT molecular complexity index is 803. The van der Waals surface area contributed by atoms with Crippen LogP contribution in [-0.2, 0) is 4.79 Å². The Kier molecular flexibility index (Phi) is 6.33. The van der Waals surface area contributed by atoms with Crippen molar-refractivity contribution < 1.29 is 9.53 Å². The van der Waals surface area contributed by atoms with E-state index in [0.717, 1.165) is 5.56 Å². The van der Waals surface area contributed by atoms with Gasteiger partial charge in [-0.05, 0) is 42.8 Å². The standard InChI is InChI=1S/C17H13Cl3N2O2/c1-10(12-3-4-13(18)14(19)7-12)22-17(23)9-24-16-5-2-11(8-21)6-15(16)20/h2-7,10H,9H2,1H3,(H,22,23)/t10-/m1/s1. The fraction of sp³-hybridized carbons (Fsp3) is 0.176. The van der Waals surface area contributed by atoms with Crippen LogP contribution in [0.1, 0.15) is 24.1 Å². The van der Waals surface area contributed by atoms with E-state index < -0.39 is 0 Å². The first kappa shape index (κ1) is 18.4. The molecule has 0 unspecified atom stereocenters. The number of nitrogens with zero attached hydrogens (tertiary/aromatic N) is 1. The van der Waals surface area contributed by atoms with Gasteiger partial charge in [-0.1, -0.05) is 40.9 Å². The van der Waals surface area contributed by atoms with E-state index in [1.54, 1.807) is 30.3 Å². The highest BCUT2D eigenvalue weighted by atomic mass is 35.5. The van der Waals surface area contributed by atoms with E-state index in [9.17, 15) is 4.79 Å². The second-order valence-corrected chi connectivity index (χ2v) is 6.23. The van der Waals surface area contributed by atoms with Crippen LogP contribution in [0.25, 0.3) is 0 Å². The Morgan fingerprint density at radius 1 is 1.17 bits per heavy atom. The second kappa shape index (κ2) is 8.25. The molecule has 0 aliphatic rings. The number of nitrogens with one attached hydrogen (secondary N) is 1. The quantitative estimate of drug-likeness (QED) is 0.808. The molecule has 1 N–H and O–H groups in total. The van der Waals surface area contributed by atoms with Gasteiger partial charge < -0.3 is 10.1 Å². The van der Waals surface area contributed by atoms with Crippen molar-refractivity contribution in [3.63, 3.8) is 0 Å². The first-order chi connectivity index (χ1) is 11.4. The lowest BCUT2D eigenvalue weighted by Gasteiger charge is -2.15. The summed E-state index contributed by atoms with van der Waals surface area (Å²) in [6, 6.07) is 11.5. The van der Waals surface area contributed by atoms with Crippen molar-refractivity contribution in [3.05, 3.63) is 62.6 Å². The van der Waals surface area contributed by atoms with Crippen LogP contribution in [0.3, 0.4) is 0 Å². The van der Waals surface area contributed by atoms with E-state index in [-0.39, 0.29) is 23.6 Å². The van der Waals surface area contributed by atoms with E-state index in [2.05, 4.69) is 5.32 Å². The van der Waals surface area contributed by atoms with Gasteiger partial charge in [-0.25, -0.2) is 0 Å². The molecule has 0 saturated carbocycles. The van der Waals surface area contributed by atoms with Crippen molar-refractivity contribution in [2.45, 2.75) is 13.0 Å². The fourth-order valence-corrected chi connectivity index (χ4v) is 2.52. The van der Waals surface area contributed by atoms with Crippen LogP contribution in [0, 0.1) is 11.3 Å². The van der Waals surface area contributed by atoms with Gasteiger partial charge >= 0.3 is 0 Å².